The van der Waals surface area contributed by atoms with Crippen molar-refractivity contribution < 1.29 is 9.90 Å². The quantitative estimate of drug-likeness (QED) is 0.275. The number of allylic oxidation sites excluding steroid dienone is 4. The number of aliphatic hydroxyl groups excluding tert-OH is 1. The Morgan fingerprint density at radius 1 is 1.30 bits per heavy atom. The van der Waals surface area contributed by atoms with E-state index in [1.165, 1.54) is 0 Å². The van der Waals surface area contributed by atoms with Crippen LogP contribution in [-0.4, -0.2) is 50.9 Å². The van der Waals surface area contributed by atoms with Gasteiger partial charge in [0.2, 0.25) is 11.9 Å². The van der Waals surface area contributed by atoms with Crippen molar-refractivity contribution in [2.24, 2.45) is 5.92 Å². The summed E-state index contributed by atoms with van der Waals surface area (Å²) in [5.41, 5.74) is 7.20. The zero-order valence-electron chi connectivity index (χ0n) is 21.6. The second-order valence-electron chi connectivity index (χ2n) is 8.66. The van der Waals surface area contributed by atoms with Gasteiger partial charge in [0, 0.05) is 30.7 Å². The van der Waals surface area contributed by atoms with Gasteiger partial charge in [-0.15, -0.1) is 5.73 Å². The van der Waals surface area contributed by atoms with Crippen LogP contribution in [0.3, 0.4) is 0 Å². The molecule has 2 unspecified atom stereocenters. The van der Waals surface area contributed by atoms with Crippen LogP contribution in [0.1, 0.15) is 23.7 Å². The molecule has 2 aromatic rings. The molecule has 0 spiro atoms. The molecule has 1 amide bonds. The molecule has 0 aromatic carbocycles. The first-order valence-corrected chi connectivity index (χ1v) is 11.9. The summed E-state index contributed by atoms with van der Waals surface area (Å²) in [6, 6.07) is -0.512. The van der Waals surface area contributed by atoms with Gasteiger partial charge in [0.25, 0.3) is 0 Å². The van der Waals surface area contributed by atoms with Crippen molar-refractivity contribution in [1.82, 2.24) is 25.5 Å². The summed E-state index contributed by atoms with van der Waals surface area (Å²) >= 11 is 0. The summed E-state index contributed by atoms with van der Waals surface area (Å²) in [6.07, 6.45) is 19.8. The molecule has 0 fully saturated rings. The molecule has 9 nitrogen and oxygen atoms in total. The van der Waals surface area contributed by atoms with E-state index >= 15 is 0 Å². The number of nitrogens with one attached hydrogen (secondary N) is 3. The monoisotopic (exact) mass is 499 g/mol. The summed E-state index contributed by atoms with van der Waals surface area (Å²) in [5, 5.41) is 22.7. The molecule has 0 aliphatic heterocycles. The van der Waals surface area contributed by atoms with E-state index in [1.54, 1.807) is 43.7 Å². The Kier molecular flexibility index (Phi) is 9.55. The van der Waals surface area contributed by atoms with Gasteiger partial charge in [0.15, 0.2) is 0 Å². The molecule has 1 aliphatic carbocycles. The molecule has 0 saturated heterocycles. The predicted molar refractivity (Wildman–Crippen MR) is 147 cm³/mol. The van der Waals surface area contributed by atoms with Gasteiger partial charge in [0.1, 0.15) is 5.82 Å². The van der Waals surface area contributed by atoms with E-state index < -0.39 is 12.0 Å². The third-order valence-electron chi connectivity index (χ3n) is 5.63. The summed E-state index contributed by atoms with van der Waals surface area (Å²) in [5.74, 6) is 0.449. The van der Waals surface area contributed by atoms with Crippen LogP contribution in [0.5, 0.6) is 0 Å². The maximum Gasteiger partial charge on any atom is 0.229 e. The fourth-order valence-corrected chi connectivity index (χ4v) is 3.39. The minimum Gasteiger partial charge on any atom is -0.394 e. The van der Waals surface area contributed by atoms with Gasteiger partial charge in [-0.1, -0.05) is 37.8 Å². The second-order valence-corrected chi connectivity index (χ2v) is 8.66. The topological polar surface area (TPSA) is 119 Å². The van der Waals surface area contributed by atoms with Gasteiger partial charge in [-0.3, -0.25) is 9.89 Å². The van der Waals surface area contributed by atoms with Crippen molar-refractivity contribution in [2.75, 3.05) is 23.9 Å². The Morgan fingerprint density at radius 2 is 2.11 bits per heavy atom. The van der Waals surface area contributed by atoms with Crippen molar-refractivity contribution in [3.05, 3.63) is 102 Å². The number of nitrogens with zero attached hydrogens (tertiary/aromatic N) is 4. The SMILES string of the molecule is C=C(/C=C\c1[nH]ncc1C)Nc1ncc(C)c(N(C)/C=C\C(C)C(=O)NC(CO)C2=CC=CC=C=C2)n1. The summed E-state index contributed by atoms with van der Waals surface area (Å²) in [7, 11) is 1.85. The van der Waals surface area contributed by atoms with Gasteiger partial charge in [0.05, 0.1) is 30.5 Å². The highest BCUT2D eigenvalue weighted by Gasteiger charge is 2.18. The van der Waals surface area contributed by atoms with E-state index in [9.17, 15) is 9.90 Å². The van der Waals surface area contributed by atoms with Crippen molar-refractivity contribution in [1.29, 1.82) is 0 Å². The number of rotatable bonds is 11. The van der Waals surface area contributed by atoms with Crippen LogP contribution >= 0.6 is 0 Å². The third kappa shape index (κ3) is 7.76. The number of aromatic amines is 1. The highest BCUT2D eigenvalue weighted by atomic mass is 16.3. The lowest BCUT2D eigenvalue weighted by Crippen LogP contribution is -2.41. The Labute approximate surface area is 217 Å². The number of H-pyrrole nitrogens is 1. The van der Waals surface area contributed by atoms with Gasteiger partial charge < -0.3 is 20.6 Å². The van der Waals surface area contributed by atoms with Crippen molar-refractivity contribution >= 4 is 23.7 Å². The Hall–Kier alpha value is -4.46. The molecule has 2 aromatic heterocycles. The summed E-state index contributed by atoms with van der Waals surface area (Å²) < 4.78 is 0. The fraction of sp³-hybridized carbons (Fsp3) is 0.250. The standard InChI is InChI=1S/C28H33N7O2/c1-19(27(37)32-25(18-36)23-10-8-6-7-9-11-23)14-15-35(5)26-21(3)16-29-28(33-26)31-22(4)12-13-24-20(2)17-30-34-24/h6-8,10-17,19,25,36H,4,18H2,1-3,5H3,(H,30,34)(H,32,37)(H,29,31,33)/b13-12-,15-14-. The van der Waals surface area contributed by atoms with E-state index in [4.69, 9.17) is 0 Å². The Bertz CT molecular complexity index is 1310. The molecule has 37 heavy (non-hydrogen) atoms. The second kappa shape index (κ2) is 13.0. The van der Waals surface area contributed by atoms with Crippen LogP contribution in [0.2, 0.25) is 0 Å². The van der Waals surface area contributed by atoms with Crippen LogP contribution < -0.4 is 15.5 Å². The normalized spacial score (nSPS) is 14.5. The van der Waals surface area contributed by atoms with E-state index in [0.29, 0.717) is 17.5 Å². The lowest BCUT2D eigenvalue weighted by Gasteiger charge is -2.20. The number of carbonyl (C=O) groups is 1. The van der Waals surface area contributed by atoms with Crippen molar-refractivity contribution in [3.8, 4) is 0 Å². The molecule has 2 atom stereocenters. The van der Waals surface area contributed by atoms with E-state index in [2.05, 4.69) is 43.1 Å². The third-order valence-corrected chi connectivity index (χ3v) is 5.63. The molecule has 192 valence electrons. The highest BCUT2D eigenvalue weighted by Crippen LogP contribution is 2.19. The lowest BCUT2D eigenvalue weighted by molar-refractivity contribution is -0.123. The van der Waals surface area contributed by atoms with Gasteiger partial charge in [-0.2, -0.15) is 10.1 Å². The number of anilines is 2. The van der Waals surface area contributed by atoms with Crippen LogP contribution in [0.4, 0.5) is 11.8 Å². The van der Waals surface area contributed by atoms with Gasteiger partial charge in [-0.05, 0) is 49.3 Å². The Balaban J connectivity index is 1.62. The first-order valence-electron chi connectivity index (χ1n) is 11.9. The minimum atomic E-state index is -0.512. The highest BCUT2D eigenvalue weighted by molar-refractivity contribution is 5.81. The number of amides is 1. The van der Waals surface area contributed by atoms with Crippen molar-refractivity contribution in [2.45, 2.75) is 26.8 Å². The molecule has 1 aliphatic rings. The number of hydrogen-bond donors (Lipinski definition) is 4. The van der Waals surface area contributed by atoms with E-state index in [0.717, 1.165) is 22.4 Å². The van der Waals surface area contributed by atoms with Gasteiger partial charge in [-0.25, -0.2) is 4.98 Å². The average molecular weight is 500 g/mol. The number of carbonyl (C=O) groups excluding carboxylic acids is 1. The molecule has 0 radical (unpaired) electrons. The number of aromatic nitrogens is 4. The molecular weight excluding hydrogens is 466 g/mol. The zero-order chi connectivity index (χ0) is 26.8. The first-order chi connectivity index (χ1) is 17.8. The Morgan fingerprint density at radius 3 is 2.84 bits per heavy atom. The predicted octanol–water partition coefficient (Wildman–Crippen LogP) is 3.73. The van der Waals surface area contributed by atoms with Crippen LogP contribution in [0, 0.1) is 19.8 Å². The largest absolute Gasteiger partial charge is 0.394 e. The molecule has 3 rings (SSSR count). The molecular formula is C28H33N7O2. The zero-order valence-corrected chi connectivity index (χ0v) is 21.6. The summed E-state index contributed by atoms with van der Waals surface area (Å²) in [4.78, 5) is 23.5. The molecule has 0 bridgehead atoms. The summed E-state index contributed by atoms with van der Waals surface area (Å²) in [6.45, 7) is 9.47. The lowest BCUT2D eigenvalue weighted by atomic mass is 10.1. The van der Waals surface area contributed by atoms with E-state index in [1.807, 2.05) is 56.2 Å². The van der Waals surface area contributed by atoms with E-state index in [-0.39, 0.29) is 12.5 Å². The maximum atomic E-state index is 12.8. The molecule has 2 heterocycles. The smallest absolute Gasteiger partial charge is 0.229 e. The van der Waals surface area contributed by atoms with Crippen molar-refractivity contribution in [3.63, 3.8) is 0 Å². The maximum absolute atomic E-state index is 12.8. The fourth-order valence-electron chi connectivity index (χ4n) is 3.39. The van der Waals surface area contributed by atoms with Crippen LogP contribution in [0.25, 0.3) is 6.08 Å². The number of aryl methyl sites for hydroxylation is 2. The van der Waals surface area contributed by atoms with Crippen LogP contribution in [0.15, 0.2) is 84.7 Å². The average Bonchev–Trinajstić information content (AvgIpc) is 3.11. The molecule has 9 heteroatoms. The van der Waals surface area contributed by atoms with Gasteiger partial charge >= 0.3 is 0 Å². The molecule has 0 saturated carbocycles. The van der Waals surface area contributed by atoms with Crippen LogP contribution in [-0.2, 0) is 4.79 Å². The number of hydrogen-bond acceptors (Lipinski definition) is 7. The number of aliphatic hydroxyl groups is 1. The minimum absolute atomic E-state index is 0.201. The molecule has 4 N–H and O–H groups in total. The first kappa shape index (κ1) is 27.1.